The summed E-state index contributed by atoms with van der Waals surface area (Å²) in [6, 6.07) is 10.4. The van der Waals surface area contributed by atoms with Gasteiger partial charge in [0.05, 0.1) is 17.4 Å². The van der Waals surface area contributed by atoms with Gasteiger partial charge in [-0.25, -0.2) is 15.0 Å². The molecule has 1 amide bonds. The maximum absolute atomic E-state index is 12.5. The first-order valence-corrected chi connectivity index (χ1v) is 9.75. The average molecular weight is 379 g/mol. The summed E-state index contributed by atoms with van der Waals surface area (Å²) in [6.07, 6.45) is 5.38. The molecule has 1 aliphatic rings. The molecule has 7 nitrogen and oxygen atoms in total. The molecule has 2 heterocycles. The number of aryl methyl sites for hydroxylation is 2. The van der Waals surface area contributed by atoms with Crippen LogP contribution in [0.3, 0.4) is 0 Å². The molecule has 0 unspecified atom stereocenters. The molecule has 1 aliphatic carbocycles. The third kappa shape index (κ3) is 4.30. The van der Waals surface area contributed by atoms with E-state index in [9.17, 15) is 4.79 Å². The second kappa shape index (κ2) is 7.96. The number of para-hydroxylation sites is 2. The first kappa shape index (κ1) is 18.4. The van der Waals surface area contributed by atoms with Crippen LogP contribution in [0.25, 0.3) is 11.0 Å². The van der Waals surface area contributed by atoms with Gasteiger partial charge in [-0.1, -0.05) is 12.1 Å². The molecule has 1 fully saturated rings. The van der Waals surface area contributed by atoms with Crippen LogP contribution in [0.1, 0.15) is 37.1 Å². The summed E-state index contributed by atoms with van der Waals surface area (Å²) < 4.78 is 7.84. The number of imidazole rings is 1. The smallest absolute Gasteiger partial charge is 0.317 e. The number of carbonyl (C=O) groups excluding carboxylic acids is 1. The van der Waals surface area contributed by atoms with E-state index in [1.807, 2.05) is 48.7 Å². The van der Waals surface area contributed by atoms with Crippen molar-refractivity contribution in [3.63, 3.8) is 0 Å². The number of amides is 1. The molecular weight excluding hydrogens is 354 g/mol. The number of rotatable bonds is 5. The Labute approximate surface area is 164 Å². The quantitative estimate of drug-likeness (QED) is 0.737. The van der Waals surface area contributed by atoms with Crippen LogP contribution in [-0.4, -0.2) is 37.6 Å². The van der Waals surface area contributed by atoms with Gasteiger partial charge in [-0.2, -0.15) is 0 Å². The van der Waals surface area contributed by atoms with Gasteiger partial charge in [0, 0.05) is 17.4 Å². The largest absolute Gasteiger partial charge is 0.460 e. The topological polar surface area (TPSA) is 81.9 Å². The Kier molecular flexibility index (Phi) is 5.23. The van der Waals surface area contributed by atoms with E-state index in [4.69, 9.17) is 4.74 Å². The minimum Gasteiger partial charge on any atom is -0.460 e. The molecule has 3 aromatic rings. The van der Waals surface area contributed by atoms with Crippen molar-refractivity contribution in [2.45, 2.75) is 58.2 Å². The fourth-order valence-corrected chi connectivity index (χ4v) is 3.78. The number of nitrogens with one attached hydrogen (secondary N) is 1. The molecule has 0 atom stereocenters. The lowest BCUT2D eigenvalue weighted by Crippen LogP contribution is -2.41. The fraction of sp³-hybridized carbons (Fsp3) is 0.429. The fourth-order valence-electron chi connectivity index (χ4n) is 3.78. The van der Waals surface area contributed by atoms with Crippen molar-refractivity contribution < 1.29 is 9.53 Å². The van der Waals surface area contributed by atoms with Crippen molar-refractivity contribution in [2.75, 3.05) is 0 Å². The SMILES string of the molecule is Cc1cc(C)nc(OC2CCC(NC(=O)Cn3cnc4ccccc43)CC2)n1. The van der Waals surface area contributed by atoms with E-state index in [0.717, 1.165) is 48.1 Å². The first-order valence-electron chi connectivity index (χ1n) is 9.75. The lowest BCUT2D eigenvalue weighted by Gasteiger charge is -2.29. The molecule has 0 spiro atoms. The van der Waals surface area contributed by atoms with Crippen LogP contribution in [0, 0.1) is 13.8 Å². The molecule has 146 valence electrons. The van der Waals surface area contributed by atoms with Crippen molar-refractivity contribution >= 4 is 16.9 Å². The zero-order chi connectivity index (χ0) is 19.5. The molecule has 2 aromatic heterocycles. The minimum absolute atomic E-state index is 0.0187. The highest BCUT2D eigenvalue weighted by Gasteiger charge is 2.24. The molecule has 1 saturated carbocycles. The van der Waals surface area contributed by atoms with Gasteiger partial charge >= 0.3 is 6.01 Å². The third-order valence-corrected chi connectivity index (χ3v) is 5.11. The predicted molar refractivity (Wildman–Crippen MR) is 106 cm³/mol. The Hall–Kier alpha value is -2.96. The highest BCUT2D eigenvalue weighted by Crippen LogP contribution is 2.22. The van der Waals surface area contributed by atoms with Crippen molar-refractivity contribution in [1.82, 2.24) is 24.8 Å². The summed E-state index contributed by atoms with van der Waals surface area (Å²) >= 11 is 0. The minimum atomic E-state index is 0.0187. The van der Waals surface area contributed by atoms with E-state index in [1.165, 1.54) is 0 Å². The van der Waals surface area contributed by atoms with E-state index in [-0.39, 0.29) is 24.6 Å². The van der Waals surface area contributed by atoms with Crippen LogP contribution >= 0.6 is 0 Å². The molecule has 0 bridgehead atoms. The van der Waals surface area contributed by atoms with E-state index in [0.29, 0.717) is 6.01 Å². The Bertz CT molecular complexity index is 956. The number of nitrogens with zero attached hydrogens (tertiary/aromatic N) is 4. The molecule has 28 heavy (non-hydrogen) atoms. The molecule has 4 rings (SSSR count). The van der Waals surface area contributed by atoms with E-state index in [1.54, 1.807) is 6.33 Å². The normalized spacial score (nSPS) is 19.5. The number of benzene rings is 1. The van der Waals surface area contributed by atoms with Gasteiger partial charge in [-0.3, -0.25) is 4.79 Å². The van der Waals surface area contributed by atoms with Crippen molar-refractivity contribution in [3.05, 3.63) is 48.0 Å². The molecule has 0 radical (unpaired) electrons. The second-order valence-corrected chi connectivity index (χ2v) is 7.45. The number of carbonyl (C=O) groups is 1. The molecule has 0 saturated heterocycles. The van der Waals surface area contributed by atoms with Gasteiger partial charge in [-0.05, 0) is 57.7 Å². The molecule has 1 aromatic carbocycles. The zero-order valence-electron chi connectivity index (χ0n) is 16.3. The van der Waals surface area contributed by atoms with Crippen LogP contribution < -0.4 is 10.1 Å². The Morgan fingerprint density at radius 3 is 2.61 bits per heavy atom. The Morgan fingerprint density at radius 2 is 1.86 bits per heavy atom. The van der Waals surface area contributed by atoms with Crippen molar-refractivity contribution in [1.29, 1.82) is 0 Å². The number of aromatic nitrogens is 4. The van der Waals surface area contributed by atoms with Gasteiger partial charge in [-0.15, -0.1) is 0 Å². The summed E-state index contributed by atoms with van der Waals surface area (Å²) in [7, 11) is 0. The lowest BCUT2D eigenvalue weighted by molar-refractivity contribution is -0.122. The molecule has 1 N–H and O–H groups in total. The third-order valence-electron chi connectivity index (χ3n) is 5.11. The number of fused-ring (bicyclic) bond motifs is 1. The highest BCUT2D eigenvalue weighted by molar-refractivity contribution is 5.80. The van der Waals surface area contributed by atoms with Crippen LogP contribution in [0.15, 0.2) is 36.7 Å². The van der Waals surface area contributed by atoms with Crippen LogP contribution in [0.4, 0.5) is 0 Å². The maximum Gasteiger partial charge on any atom is 0.317 e. The van der Waals surface area contributed by atoms with Gasteiger partial charge in [0.15, 0.2) is 0 Å². The summed E-state index contributed by atoms with van der Waals surface area (Å²) in [5, 5.41) is 3.15. The van der Waals surface area contributed by atoms with Gasteiger partial charge in [0.2, 0.25) is 5.91 Å². The first-order chi connectivity index (χ1) is 13.6. The zero-order valence-corrected chi connectivity index (χ0v) is 16.3. The Morgan fingerprint density at radius 1 is 1.14 bits per heavy atom. The maximum atomic E-state index is 12.5. The molecule has 7 heteroatoms. The molecular formula is C21H25N5O2. The van der Waals surface area contributed by atoms with E-state index < -0.39 is 0 Å². The van der Waals surface area contributed by atoms with Crippen molar-refractivity contribution in [2.24, 2.45) is 0 Å². The number of hydrogen-bond acceptors (Lipinski definition) is 5. The van der Waals surface area contributed by atoms with Gasteiger partial charge in [0.25, 0.3) is 0 Å². The van der Waals surface area contributed by atoms with Gasteiger partial charge < -0.3 is 14.6 Å². The number of hydrogen-bond donors (Lipinski definition) is 1. The lowest BCUT2D eigenvalue weighted by atomic mass is 9.93. The standard InChI is InChI=1S/C21H25N5O2/c1-14-11-15(2)24-21(23-14)28-17-9-7-16(8-10-17)25-20(27)12-26-13-22-18-5-3-4-6-19(18)26/h3-6,11,13,16-17H,7-10,12H2,1-2H3,(H,25,27). The highest BCUT2D eigenvalue weighted by atomic mass is 16.5. The second-order valence-electron chi connectivity index (χ2n) is 7.45. The average Bonchev–Trinajstić information content (AvgIpc) is 3.05. The summed E-state index contributed by atoms with van der Waals surface area (Å²) in [6.45, 7) is 4.17. The van der Waals surface area contributed by atoms with Crippen molar-refractivity contribution in [3.8, 4) is 6.01 Å². The Balaban J connectivity index is 1.27. The predicted octanol–water partition coefficient (Wildman–Crippen LogP) is 2.95. The van der Waals surface area contributed by atoms with Crippen LogP contribution in [0.2, 0.25) is 0 Å². The van der Waals surface area contributed by atoms with Gasteiger partial charge in [0.1, 0.15) is 12.6 Å². The van der Waals surface area contributed by atoms with Crippen LogP contribution in [0.5, 0.6) is 6.01 Å². The summed E-state index contributed by atoms with van der Waals surface area (Å²) in [5.41, 5.74) is 3.70. The number of ether oxygens (including phenoxy) is 1. The molecule has 0 aliphatic heterocycles. The summed E-state index contributed by atoms with van der Waals surface area (Å²) in [5.74, 6) is 0.0187. The van der Waals surface area contributed by atoms with Crippen LogP contribution in [-0.2, 0) is 11.3 Å². The van der Waals surface area contributed by atoms with E-state index >= 15 is 0 Å². The van der Waals surface area contributed by atoms with E-state index in [2.05, 4.69) is 20.3 Å². The monoisotopic (exact) mass is 379 g/mol. The summed E-state index contributed by atoms with van der Waals surface area (Å²) in [4.78, 5) is 25.5.